The van der Waals surface area contributed by atoms with E-state index in [2.05, 4.69) is 20.6 Å². The molecule has 1 amide bonds. The summed E-state index contributed by atoms with van der Waals surface area (Å²) < 4.78 is 1.68. The zero-order chi connectivity index (χ0) is 17.2. The number of aromatic nitrogens is 4. The Kier molecular flexibility index (Phi) is 3.99. The minimum Gasteiger partial charge on any atom is -0.345 e. The second-order valence-electron chi connectivity index (χ2n) is 5.56. The molecule has 0 aliphatic rings. The Labute approximate surface area is 148 Å². The van der Waals surface area contributed by atoms with Crippen LogP contribution < -0.4 is 5.32 Å². The van der Waals surface area contributed by atoms with Gasteiger partial charge in [-0.2, -0.15) is 9.61 Å². The second-order valence-corrected chi connectivity index (χ2v) is 6.60. The summed E-state index contributed by atoms with van der Waals surface area (Å²) >= 11 is 1.42. The van der Waals surface area contributed by atoms with Crippen LogP contribution in [0.25, 0.3) is 16.1 Å². The van der Waals surface area contributed by atoms with Gasteiger partial charge in [0.15, 0.2) is 5.82 Å². The number of fused-ring (bicyclic) bond motifs is 1. The summed E-state index contributed by atoms with van der Waals surface area (Å²) in [6, 6.07) is 17.7. The summed E-state index contributed by atoms with van der Waals surface area (Å²) in [6.45, 7) is 2.21. The molecule has 0 atom stereocenters. The van der Waals surface area contributed by atoms with Crippen LogP contribution in [0.15, 0.2) is 54.6 Å². The zero-order valence-electron chi connectivity index (χ0n) is 13.5. The molecule has 124 valence electrons. The van der Waals surface area contributed by atoms with Crippen LogP contribution in [0.3, 0.4) is 0 Å². The summed E-state index contributed by atoms with van der Waals surface area (Å²) in [5.74, 6) is 0.614. The van der Waals surface area contributed by atoms with Gasteiger partial charge in [0, 0.05) is 5.56 Å². The maximum atomic E-state index is 12.3. The van der Waals surface area contributed by atoms with Gasteiger partial charge in [0.05, 0.1) is 6.54 Å². The number of benzene rings is 2. The smallest absolute Gasteiger partial charge is 0.251 e. The molecule has 2 aromatic carbocycles. The van der Waals surface area contributed by atoms with E-state index >= 15 is 0 Å². The molecule has 0 saturated heterocycles. The fraction of sp³-hybridized carbons (Fsp3) is 0.111. The molecule has 0 saturated carbocycles. The van der Waals surface area contributed by atoms with Gasteiger partial charge in [0.2, 0.25) is 4.96 Å². The molecule has 0 unspecified atom stereocenters. The molecule has 0 bridgehead atoms. The molecule has 7 heteroatoms. The molecule has 0 fully saturated rings. The summed E-state index contributed by atoms with van der Waals surface area (Å²) in [6.07, 6.45) is 0. The van der Waals surface area contributed by atoms with Crippen LogP contribution in [0.4, 0.5) is 0 Å². The lowest BCUT2D eigenvalue weighted by atomic mass is 10.0. The molecule has 0 spiro atoms. The Morgan fingerprint density at radius 1 is 1.04 bits per heavy atom. The maximum Gasteiger partial charge on any atom is 0.251 e. The molecular formula is C18H15N5OS. The Morgan fingerprint density at radius 2 is 1.76 bits per heavy atom. The van der Waals surface area contributed by atoms with Crippen molar-refractivity contribution in [3.63, 3.8) is 0 Å². The predicted molar refractivity (Wildman–Crippen MR) is 96.4 cm³/mol. The molecule has 0 aliphatic carbocycles. The average molecular weight is 349 g/mol. The fourth-order valence-electron chi connectivity index (χ4n) is 2.53. The number of nitrogens with one attached hydrogen (secondary N) is 1. The molecule has 4 rings (SSSR count). The van der Waals surface area contributed by atoms with Gasteiger partial charge >= 0.3 is 0 Å². The molecule has 0 aliphatic heterocycles. The average Bonchev–Trinajstić information content (AvgIpc) is 3.22. The fourth-order valence-corrected chi connectivity index (χ4v) is 3.35. The Morgan fingerprint density at radius 3 is 2.48 bits per heavy atom. The number of carbonyl (C=O) groups is 1. The maximum absolute atomic E-state index is 12.3. The third kappa shape index (κ3) is 3.14. The van der Waals surface area contributed by atoms with Gasteiger partial charge in [-0.15, -0.1) is 10.2 Å². The summed E-state index contributed by atoms with van der Waals surface area (Å²) in [4.78, 5) is 13.0. The number of rotatable bonds is 4. The highest BCUT2D eigenvalue weighted by Crippen LogP contribution is 2.19. The minimum absolute atomic E-state index is 0.123. The van der Waals surface area contributed by atoms with Gasteiger partial charge in [-0.1, -0.05) is 53.8 Å². The number of hydrogen-bond acceptors (Lipinski definition) is 5. The largest absolute Gasteiger partial charge is 0.345 e. The topological polar surface area (TPSA) is 72.2 Å². The van der Waals surface area contributed by atoms with Crippen molar-refractivity contribution < 1.29 is 4.79 Å². The highest BCUT2D eigenvalue weighted by atomic mass is 32.1. The monoisotopic (exact) mass is 349 g/mol. The molecule has 25 heavy (non-hydrogen) atoms. The van der Waals surface area contributed by atoms with Crippen molar-refractivity contribution in [2.24, 2.45) is 0 Å². The van der Waals surface area contributed by atoms with E-state index in [4.69, 9.17) is 0 Å². The molecular weight excluding hydrogens is 334 g/mol. The molecule has 2 heterocycles. The number of hydrogen-bond donors (Lipinski definition) is 1. The predicted octanol–water partition coefficient (Wildman–Crippen LogP) is 3.09. The van der Waals surface area contributed by atoms with Gasteiger partial charge in [-0.05, 0) is 30.2 Å². The third-order valence-electron chi connectivity index (χ3n) is 3.84. The normalized spacial score (nSPS) is 10.9. The van der Waals surface area contributed by atoms with Gasteiger partial charge in [0.1, 0.15) is 5.01 Å². The van der Waals surface area contributed by atoms with Crippen molar-refractivity contribution in [3.8, 4) is 11.1 Å². The van der Waals surface area contributed by atoms with Gasteiger partial charge in [-0.3, -0.25) is 4.79 Å². The lowest BCUT2D eigenvalue weighted by Crippen LogP contribution is -2.22. The van der Waals surface area contributed by atoms with Crippen molar-refractivity contribution in [1.82, 2.24) is 25.1 Å². The molecule has 0 radical (unpaired) electrons. The van der Waals surface area contributed by atoms with Gasteiger partial charge < -0.3 is 5.32 Å². The first-order chi connectivity index (χ1) is 12.2. The molecule has 2 aromatic heterocycles. The number of aryl methyl sites for hydroxylation is 1. The van der Waals surface area contributed by atoms with Crippen LogP contribution in [0.5, 0.6) is 0 Å². The van der Waals surface area contributed by atoms with E-state index in [9.17, 15) is 4.79 Å². The van der Waals surface area contributed by atoms with Crippen molar-refractivity contribution >= 4 is 22.2 Å². The van der Waals surface area contributed by atoms with Crippen molar-refractivity contribution in [1.29, 1.82) is 0 Å². The van der Waals surface area contributed by atoms with Gasteiger partial charge in [0.25, 0.3) is 5.91 Å². The van der Waals surface area contributed by atoms with E-state index in [1.54, 1.807) is 4.52 Å². The standard InChI is InChI=1S/C18H15N5OS/c1-12-20-21-18-23(12)22-16(25-18)11-19-17(24)15-9-7-14(8-10-15)13-5-3-2-4-6-13/h2-10H,11H2,1H3,(H,19,24). The quantitative estimate of drug-likeness (QED) is 0.614. The Balaban J connectivity index is 1.44. The van der Waals surface area contributed by atoms with E-state index in [0.717, 1.165) is 26.9 Å². The van der Waals surface area contributed by atoms with Crippen LogP contribution in [-0.2, 0) is 6.54 Å². The Bertz CT molecular complexity index is 1020. The summed E-state index contributed by atoms with van der Waals surface area (Å²) in [7, 11) is 0. The highest BCUT2D eigenvalue weighted by molar-refractivity contribution is 7.16. The van der Waals surface area contributed by atoms with Crippen molar-refractivity contribution in [2.45, 2.75) is 13.5 Å². The number of carbonyl (C=O) groups excluding carboxylic acids is 1. The zero-order valence-corrected chi connectivity index (χ0v) is 14.3. The highest BCUT2D eigenvalue weighted by Gasteiger charge is 2.11. The van der Waals surface area contributed by atoms with Crippen LogP contribution in [0, 0.1) is 6.92 Å². The van der Waals surface area contributed by atoms with E-state index in [-0.39, 0.29) is 5.91 Å². The first-order valence-electron chi connectivity index (χ1n) is 7.82. The van der Waals surface area contributed by atoms with Gasteiger partial charge in [-0.25, -0.2) is 0 Å². The summed E-state index contributed by atoms with van der Waals surface area (Å²) in [5.41, 5.74) is 2.84. The lowest BCUT2D eigenvalue weighted by molar-refractivity contribution is 0.0951. The number of nitrogens with zero attached hydrogens (tertiary/aromatic N) is 4. The van der Waals surface area contributed by atoms with Crippen LogP contribution in [-0.4, -0.2) is 25.7 Å². The van der Waals surface area contributed by atoms with Crippen LogP contribution in [0.2, 0.25) is 0 Å². The third-order valence-corrected chi connectivity index (χ3v) is 4.74. The van der Waals surface area contributed by atoms with E-state index in [1.165, 1.54) is 11.3 Å². The lowest BCUT2D eigenvalue weighted by Gasteiger charge is -2.05. The minimum atomic E-state index is -0.123. The van der Waals surface area contributed by atoms with E-state index in [0.29, 0.717) is 12.1 Å². The first-order valence-corrected chi connectivity index (χ1v) is 8.64. The van der Waals surface area contributed by atoms with Crippen LogP contribution in [0.1, 0.15) is 21.2 Å². The summed E-state index contributed by atoms with van der Waals surface area (Å²) in [5, 5.41) is 16.0. The molecule has 1 N–H and O–H groups in total. The number of amides is 1. The molecule has 6 nitrogen and oxygen atoms in total. The van der Waals surface area contributed by atoms with E-state index < -0.39 is 0 Å². The SMILES string of the molecule is Cc1nnc2sc(CNC(=O)c3ccc(-c4ccccc4)cc3)nn12. The first kappa shape index (κ1) is 15.5. The Hall–Kier alpha value is -3.06. The van der Waals surface area contributed by atoms with Crippen molar-refractivity contribution in [2.75, 3.05) is 0 Å². The second kappa shape index (κ2) is 6.45. The van der Waals surface area contributed by atoms with Crippen molar-refractivity contribution in [3.05, 3.63) is 71.0 Å². The molecule has 4 aromatic rings. The van der Waals surface area contributed by atoms with E-state index in [1.807, 2.05) is 61.5 Å². The van der Waals surface area contributed by atoms with Crippen LogP contribution >= 0.6 is 11.3 Å².